The molecule has 4 nitrogen and oxygen atoms in total. The summed E-state index contributed by atoms with van der Waals surface area (Å²) >= 11 is 0. The van der Waals surface area contributed by atoms with Gasteiger partial charge in [0.25, 0.3) is 0 Å². The highest BCUT2D eigenvalue weighted by atomic mass is 16.5. The van der Waals surface area contributed by atoms with Gasteiger partial charge in [-0.3, -0.25) is 4.90 Å². The summed E-state index contributed by atoms with van der Waals surface area (Å²) in [5.74, 6) is 0.870. The number of hydrogen-bond acceptors (Lipinski definition) is 2. The largest absolute Gasteiger partial charge is 0.471 e. The van der Waals surface area contributed by atoms with Crippen molar-refractivity contribution in [3.8, 4) is 0 Å². The van der Waals surface area contributed by atoms with Crippen LogP contribution < -0.4 is 0 Å². The van der Waals surface area contributed by atoms with E-state index in [1.165, 1.54) is 0 Å². The molecule has 0 aromatic carbocycles. The first-order valence-electron chi connectivity index (χ1n) is 5.12. The van der Waals surface area contributed by atoms with Crippen LogP contribution in [0.1, 0.15) is 13.3 Å². The average Bonchev–Trinajstić information content (AvgIpc) is 2.52. The monoisotopic (exact) mass is 208 g/mol. The third-order valence-electron chi connectivity index (χ3n) is 2.83. The molecular weight excluding hydrogens is 192 g/mol. The molecule has 2 rings (SSSR count). The predicted octanol–water partition coefficient (Wildman–Crippen LogP) is 1.56. The summed E-state index contributed by atoms with van der Waals surface area (Å²) in [6.07, 6.45) is 2.51. The van der Waals surface area contributed by atoms with Crippen molar-refractivity contribution in [2.24, 2.45) is 0 Å². The van der Waals surface area contributed by atoms with E-state index in [1.54, 1.807) is 16.8 Å². The quantitative estimate of drug-likeness (QED) is 0.613. The number of ether oxygens (including phenoxy) is 1. The molecule has 0 saturated carbocycles. The van der Waals surface area contributed by atoms with Crippen LogP contribution in [-0.2, 0) is 4.74 Å². The molecule has 1 unspecified atom stereocenters. The summed E-state index contributed by atoms with van der Waals surface area (Å²) < 4.78 is 5.64. The van der Waals surface area contributed by atoms with Crippen molar-refractivity contribution in [3.05, 3.63) is 24.0 Å². The first-order chi connectivity index (χ1) is 7.09. The Kier molecular flexibility index (Phi) is 2.42. The average molecular weight is 208 g/mol. The molecule has 1 atom stereocenters. The van der Waals surface area contributed by atoms with Gasteiger partial charge in [0.15, 0.2) is 6.23 Å². The van der Waals surface area contributed by atoms with Crippen LogP contribution in [0.2, 0.25) is 0 Å². The van der Waals surface area contributed by atoms with Gasteiger partial charge in [-0.1, -0.05) is 6.58 Å². The summed E-state index contributed by atoms with van der Waals surface area (Å²) in [6, 6.07) is 0.0239. The summed E-state index contributed by atoms with van der Waals surface area (Å²) in [7, 11) is 1.80. The molecule has 0 bridgehead atoms. The van der Waals surface area contributed by atoms with E-state index in [9.17, 15) is 4.79 Å². The van der Waals surface area contributed by atoms with Crippen LogP contribution in [0.5, 0.6) is 0 Å². The molecule has 0 N–H and O–H groups in total. The van der Waals surface area contributed by atoms with E-state index >= 15 is 0 Å². The highest BCUT2D eigenvalue weighted by Crippen LogP contribution is 2.25. The minimum absolute atomic E-state index is 0.0239. The Morgan fingerprint density at radius 2 is 2.27 bits per heavy atom. The minimum atomic E-state index is -0.271. The lowest BCUT2D eigenvalue weighted by Gasteiger charge is -2.32. The molecule has 1 fully saturated rings. The first-order valence-corrected chi connectivity index (χ1v) is 5.12. The van der Waals surface area contributed by atoms with E-state index < -0.39 is 0 Å². The highest BCUT2D eigenvalue weighted by molar-refractivity contribution is 5.76. The maximum absolute atomic E-state index is 11.8. The van der Waals surface area contributed by atoms with Gasteiger partial charge in [0.1, 0.15) is 0 Å². The predicted molar refractivity (Wildman–Crippen MR) is 57.1 cm³/mol. The number of allylic oxidation sites excluding steroid dienone is 2. The van der Waals surface area contributed by atoms with Gasteiger partial charge >= 0.3 is 6.03 Å². The van der Waals surface area contributed by atoms with Gasteiger partial charge in [0.2, 0.25) is 0 Å². The number of likely N-dealkylation sites (N-methyl/N-ethyl adjacent to an activating group) is 1. The fourth-order valence-corrected chi connectivity index (χ4v) is 1.85. The third-order valence-corrected chi connectivity index (χ3v) is 2.83. The Morgan fingerprint density at radius 3 is 2.87 bits per heavy atom. The second-order valence-corrected chi connectivity index (χ2v) is 4.04. The van der Waals surface area contributed by atoms with E-state index in [-0.39, 0.29) is 12.3 Å². The Hall–Kier alpha value is -1.45. The molecule has 2 amide bonds. The molecule has 0 radical (unpaired) electrons. The number of amides is 2. The number of rotatable bonds is 1. The van der Waals surface area contributed by atoms with Crippen LogP contribution in [0.3, 0.4) is 0 Å². The van der Waals surface area contributed by atoms with Crippen molar-refractivity contribution >= 4 is 6.03 Å². The van der Waals surface area contributed by atoms with Crippen LogP contribution in [-0.4, -0.2) is 42.2 Å². The smallest absolute Gasteiger partial charge is 0.323 e. The van der Waals surface area contributed by atoms with Gasteiger partial charge in [-0.25, -0.2) is 4.79 Å². The molecule has 2 heterocycles. The van der Waals surface area contributed by atoms with Crippen LogP contribution in [0.4, 0.5) is 4.79 Å². The zero-order valence-electron chi connectivity index (χ0n) is 9.19. The van der Waals surface area contributed by atoms with E-state index in [2.05, 4.69) is 6.58 Å². The lowest BCUT2D eigenvalue weighted by Crippen LogP contribution is -2.41. The van der Waals surface area contributed by atoms with Crippen LogP contribution >= 0.6 is 0 Å². The van der Waals surface area contributed by atoms with Crippen molar-refractivity contribution in [1.29, 1.82) is 0 Å². The normalized spacial score (nSPS) is 26.8. The molecular formula is C11H16N2O2. The maximum atomic E-state index is 11.8. The van der Waals surface area contributed by atoms with Crippen LogP contribution in [0.25, 0.3) is 0 Å². The molecule has 0 aromatic heterocycles. The van der Waals surface area contributed by atoms with Gasteiger partial charge in [0, 0.05) is 20.1 Å². The SMILES string of the molecule is C=C1CC=C(C)OC1N1CCN(C)C1=O. The molecule has 4 heteroatoms. The zero-order chi connectivity index (χ0) is 11.0. The summed E-state index contributed by atoms with van der Waals surface area (Å²) in [5.41, 5.74) is 0.948. The third kappa shape index (κ3) is 1.71. The molecule has 15 heavy (non-hydrogen) atoms. The van der Waals surface area contributed by atoms with E-state index in [1.807, 2.05) is 13.0 Å². The minimum Gasteiger partial charge on any atom is -0.471 e. The van der Waals surface area contributed by atoms with Crippen LogP contribution in [0, 0.1) is 0 Å². The number of carbonyl (C=O) groups is 1. The van der Waals surface area contributed by atoms with Gasteiger partial charge in [-0.2, -0.15) is 0 Å². The number of nitrogens with zero attached hydrogens (tertiary/aromatic N) is 2. The van der Waals surface area contributed by atoms with Gasteiger partial charge in [0.05, 0.1) is 5.76 Å². The second kappa shape index (κ2) is 3.61. The Bertz CT molecular complexity index is 335. The van der Waals surface area contributed by atoms with Crippen molar-refractivity contribution in [2.45, 2.75) is 19.6 Å². The van der Waals surface area contributed by atoms with Gasteiger partial charge in [-0.15, -0.1) is 0 Å². The standard InChI is InChI=1S/C11H16N2O2/c1-8-4-5-9(2)15-10(8)13-7-6-12(3)11(13)14/h5,10H,1,4,6-7H2,2-3H3. The molecule has 1 saturated heterocycles. The topological polar surface area (TPSA) is 32.8 Å². The molecule has 2 aliphatic rings. The van der Waals surface area contributed by atoms with E-state index in [0.717, 1.165) is 24.3 Å². The summed E-state index contributed by atoms with van der Waals surface area (Å²) in [5, 5.41) is 0. The van der Waals surface area contributed by atoms with E-state index in [0.29, 0.717) is 6.54 Å². The fraction of sp³-hybridized carbons (Fsp3) is 0.545. The van der Waals surface area contributed by atoms with Crippen LogP contribution in [0.15, 0.2) is 24.0 Å². The lowest BCUT2D eigenvalue weighted by atomic mass is 10.1. The molecule has 0 spiro atoms. The maximum Gasteiger partial charge on any atom is 0.323 e. The molecule has 0 aromatic rings. The highest BCUT2D eigenvalue weighted by Gasteiger charge is 2.35. The van der Waals surface area contributed by atoms with Crippen molar-refractivity contribution in [1.82, 2.24) is 9.80 Å². The Labute approximate surface area is 89.8 Å². The molecule has 2 aliphatic heterocycles. The number of urea groups is 1. The number of hydrogen-bond donors (Lipinski definition) is 0. The van der Waals surface area contributed by atoms with Crippen molar-refractivity contribution < 1.29 is 9.53 Å². The second-order valence-electron chi connectivity index (χ2n) is 4.04. The van der Waals surface area contributed by atoms with Crippen molar-refractivity contribution in [2.75, 3.05) is 20.1 Å². The summed E-state index contributed by atoms with van der Waals surface area (Å²) in [4.78, 5) is 15.2. The first kappa shape index (κ1) is 10.1. The van der Waals surface area contributed by atoms with E-state index in [4.69, 9.17) is 4.74 Å². The fourth-order valence-electron chi connectivity index (χ4n) is 1.85. The summed E-state index contributed by atoms with van der Waals surface area (Å²) in [6.45, 7) is 7.33. The van der Waals surface area contributed by atoms with Crippen molar-refractivity contribution in [3.63, 3.8) is 0 Å². The Morgan fingerprint density at radius 1 is 1.53 bits per heavy atom. The lowest BCUT2D eigenvalue weighted by molar-refractivity contribution is 0.0304. The molecule has 0 aliphatic carbocycles. The van der Waals surface area contributed by atoms with Gasteiger partial charge < -0.3 is 9.64 Å². The Balaban J connectivity index is 2.14. The van der Waals surface area contributed by atoms with Gasteiger partial charge in [-0.05, 0) is 25.0 Å². The molecule has 82 valence electrons. The zero-order valence-corrected chi connectivity index (χ0v) is 9.19. The number of carbonyl (C=O) groups excluding carboxylic acids is 1.